The highest BCUT2D eigenvalue weighted by Gasteiger charge is 2.24. The molecule has 0 bridgehead atoms. The summed E-state index contributed by atoms with van der Waals surface area (Å²) in [6.45, 7) is 10.0. The standard InChI is InChI=1S/C33H46N8O2S/c1-4-5-15-40(16-17-42)22-26-18-29(36-31(19-26)34-20-25-11-13-28(43)14-12-25)23(2)24(3)33-35-21-30(44-33)32-37-39-41(38-32)27-9-7-6-8-10-27/h6-10,18-19,21,23-25,28,42-43H,4-5,11-17,20,22H2,1-3H3,(H,34,36)/t23?,24?,25-,28-. The smallest absolute Gasteiger partial charge is 0.216 e. The summed E-state index contributed by atoms with van der Waals surface area (Å²) < 4.78 is 0. The average Bonchev–Trinajstić information content (AvgIpc) is 3.74. The van der Waals surface area contributed by atoms with Crippen molar-refractivity contribution >= 4 is 17.2 Å². The molecule has 3 heterocycles. The van der Waals surface area contributed by atoms with Gasteiger partial charge in [-0.2, -0.15) is 0 Å². The van der Waals surface area contributed by atoms with Crippen LogP contribution in [0, 0.1) is 5.92 Å². The third kappa shape index (κ3) is 8.47. The lowest BCUT2D eigenvalue weighted by Gasteiger charge is -2.26. The van der Waals surface area contributed by atoms with Gasteiger partial charge in [-0.25, -0.2) is 9.97 Å². The van der Waals surface area contributed by atoms with Crippen LogP contribution in [0.15, 0.2) is 48.7 Å². The van der Waals surface area contributed by atoms with E-state index in [0.29, 0.717) is 18.3 Å². The minimum Gasteiger partial charge on any atom is -0.395 e. The highest BCUT2D eigenvalue weighted by atomic mass is 32.1. The number of benzene rings is 1. The number of para-hydroxylation sites is 1. The second kappa shape index (κ2) is 15.7. The molecular formula is C33H46N8O2S. The summed E-state index contributed by atoms with van der Waals surface area (Å²) in [5, 5.41) is 37.4. The van der Waals surface area contributed by atoms with E-state index in [0.717, 1.165) is 85.2 Å². The molecule has 1 aliphatic carbocycles. The summed E-state index contributed by atoms with van der Waals surface area (Å²) in [7, 11) is 0. The molecule has 4 aromatic rings. The lowest BCUT2D eigenvalue weighted by Crippen LogP contribution is -2.28. The molecule has 10 nitrogen and oxygen atoms in total. The van der Waals surface area contributed by atoms with E-state index in [9.17, 15) is 10.2 Å². The van der Waals surface area contributed by atoms with Gasteiger partial charge in [0.25, 0.3) is 0 Å². The van der Waals surface area contributed by atoms with Gasteiger partial charge in [0.1, 0.15) is 5.82 Å². The Labute approximate surface area is 264 Å². The lowest BCUT2D eigenvalue weighted by molar-refractivity contribution is 0.111. The SMILES string of the molecule is CCCCN(CCO)Cc1cc(NC[C@H]2CC[C@H](O)CC2)nc(C(C)C(C)c2ncc(-c3nnn(-c4ccccc4)n3)s2)c1. The Morgan fingerprint density at radius 2 is 1.86 bits per heavy atom. The van der Waals surface area contributed by atoms with E-state index in [4.69, 9.17) is 9.97 Å². The van der Waals surface area contributed by atoms with Gasteiger partial charge in [0.15, 0.2) is 0 Å². The molecule has 1 fully saturated rings. The van der Waals surface area contributed by atoms with E-state index in [1.165, 1.54) is 5.56 Å². The maximum Gasteiger partial charge on any atom is 0.216 e. The topological polar surface area (TPSA) is 125 Å². The first-order valence-electron chi connectivity index (χ1n) is 16.0. The zero-order chi connectivity index (χ0) is 30.9. The third-order valence-electron chi connectivity index (χ3n) is 8.69. The number of nitrogens with zero attached hydrogens (tertiary/aromatic N) is 7. The summed E-state index contributed by atoms with van der Waals surface area (Å²) in [5.74, 6) is 2.25. The van der Waals surface area contributed by atoms with Crippen molar-refractivity contribution < 1.29 is 10.2 Å². The predicted molar refractivity (Wildman–Crippen MR) is 175 cm³/mol. The Morgan fingerprint density at radius 1 is 1.07 bits per heavy atom. The van der Waals surface area contributed by atoms with Crippen LogP contribution >= 0.6 is 11.3 Å². The maximum absolute atomic E-state index is 9.93. The van der Waals surface area contributed by atoms with E-state index in [1.54, 1.807) is 16.1 Å². The van der Waals surface area contributed by atoms with Gasteiger partial charge < -0.3 is 15.5 Å². The Morgan fingerprint density at radius 3 is 2.61 bits per heavy atom. The Bertz CT molecular complexity index is 1440. The van der Waals surface area contributed by atoms with Crippen molar-refractivity contribution in [2.75, 3.05) is 31.6 Å². The molecule has 0 spiro atoms. The second-order valence-corrected chi connectivity index (χ2v) is 13.1. The van der Waals surface area contributed by atoms with Crippen LogP contribution in [0.1, 0.15) is 87.4 Å². The number of aromatic nitrogens is 6. The molecule has 0 aliphatic heterocycles. The minimum atomic E-state index is -0.153. The molecule has 0 amide bonds. The van der Waals surface area contributed by atoms with Crippen LogP contribution in [-0.4, -0.2) is 77.6 Å². The molecular weight excluding hydrogens is 572 g/mol. The van der Waals surface area contributed by atoms with Crippen LogP contribution < -0.4 is 5.32 Å². The van der Waals surface area contributed by atoms with E-state index in [1.807, 2.05) is 36.5 Å². The number of tetrazole rings is 1. The molecule has 0 saturated heterocycles. The number of nitrogens with one attached hydrogen (secondary N) is 1. The van der Waals surface area contributed by atoms with Crippen molar-refractivity contribution in [3.8, 4) is 16.4 Å². The van der Waals surface area contributed by atoms with Crippen molar-refractivity contribution in [1.29, 1.82) is 0 Å². The molecule has 44 heavy (non-hydrogen) atoms. The number of pyridine rings is 1. The largest absolute Gasteiger partial charge is 0.395 e. The molecule has 2 atom stereocenters. The molecule has 236 valence electrons. The fourth-order valence-electron chi connectivity index (χ4n) is 5.73. The number of thiazole rings is 1. The highest BCUT2D eigenvalue weighted by molar-refractivity contribution is 7.15. The van der Waals surface area contributed by atoms with E-state index in [2.05, 4.69) is 58.5 Å². The van der Waals surface area contributed by atoms with Gasteiger partial charge in [0, 0.05) is 43.4 Å². The van der Waals surface area contributed by atoms with Gasteiger partial charge in [0.05, 0.1) is 28.3 Å². The number of hydrogen-bond donors (Lipinski definition) is 3. The molecule has 1 saturated carbocycles. The second-order valence-electron chi connectivity index (χ2n) is 12.1. The fraction of sp³-hybridized carbons (Fsp3) is 0.545. The first-order chi connectivity index (χ1) is 21.4. The maximum atomic E-state index is 9.93. The number of unbranched alkanes of at least 4 members (excludes halogenated alkanes) is 1. The Balaban J connectivity index is 1.34. The van der Waals surface area contributed by atoms with Gasteiger partial charge in [0.2, 0.25) is 5.82 Å². The van der Waals surface area contributed by atoms with Crippen LogP contribution in [0.5, 0.6) is 0 Å². The zero-order valence-electron chi connectivity index (χ0n) is 26.1. The van der Waals surface area contributed by atoms with Gasteiger partial charge in [-0.15, -0.1) is 26.3 Å². The predicted octanol–water partition coefficient (Wildman–Crippen LogP) is 5.65. The highest BCUT2D eigenvalue weighted by Crippen LogP contribution is 2.37. The van der Waals surface area contributed by atoms with Crippen molar-refractivity contribution in [2.45, 2.75) is 83.8 Å². The van der Waals surface area contributed by atoms with Crippen molar-refractivity contribution in [3.05, 3.63) is 64.9 Å². The van der Waals surface area contributed by atoms with Crippen molar-refractivity contribution in [1.82, 2.24) is 35.1 Å². The molecule has 3 aromatic heterocycles. The fourth-order valence-corrected chi connectivity index (χ4v) is 6.73. The molecule has 0 radical (unpaired) electrons. The quantitative estimate of drug-likeness (QED) is 0.155. The number of hydrogen-bond acceptors (Lipinski definition) is 10. The number of aliphatic hydroxyl groups excluding tert-OH is 2. The normalized spacial score (nSPS) is 18.4. The summed E-state index contributed by atoms with van der Waals surface area (Å²) >= 11 is 1.60. The number of anilines is 1. The van der Waals surface area contributed by atoms with Gasteiger partial charge in [-0.1, -0.05) is 45.4 Å². The third-order valence-corrected chi connectivity index (χ3v) is 9.89. The van der Waals surface area contributed by atoms with E-state index >= 15 is 0 Å². The van der Waals surface area contributed by atoms with Crippen LogP contribution in [-0.2, 0) is 6.54 Å². The minimum absolute atomic E-state index is 0.120. The Hall–Kier alpha value is -3.25. The zero-order valence-corrected chi connectivity index (χ0v) is 27.0. The number of aliphatic hydroxyl groups is 2. The first kappa shape index (κ1) is 32.2. The summed E-state index contributed by atoms with van der Waals surface area (Å²) in [4.78, 5) is 14.6. The summed E-state index contributed by atoms with van der Waals surface area (Å²) in [6, 6.07) is 14.1. The molecule has 2 unspecified atom stereocenters. The summed E-state index contributed by atoms with van der Waals surface area (Å²) in [6.07, 6.45) is 7.74. The Kier molecular flexibility index (Phi) is 11.4. The average molecular weight is 619 g/mol. The van der Waals surface area contributed by atoms with Crippen LogP contribution in [0.2, 0.25) is 0 Å². The summed E-state index contributed by atoms with van der Waals surface area (Å²) in [5.41, 5.74) is 3.09. The van der Waals surface area contributed by atoms with E-state index in [-0.39, 0.29) is 24.5 Å². The van der Waals surface area contributed by atoms with E-state index < -0.39 is 0 Å². The monoisotopic (exact) mass is 618 g/mol. The lowest BCUT2D eigenvalue weighted by atomic mass is 9.87. The van der Waals surface area contributed by atoms with Crippen LogP contribution in [0.4, 0.5) is 5.82 Å². The van der Waals surface area contributed by atoms with Crippen LogP contribution in [0.3, 0.4) is 0 Å². The van der Waals surface area contributed by atoms with Crippen molar-refractivity contribution in [2.24, 2.45) is 5.92 Å². The molecule has 1 aromatic carbocycles. The number of rotatable bonds is 15. The van der Waals surface area contributed by atoms with Gasteiger partial charge >= 0.3 is 0 Å². The van der Waals surface area contributed by atoms with Crippen LogP contribution in [0.25, 0.3) is 16.4 Å². The van der Waals surface area contributed by atoms with Crippen molar-refractivity contribution in [3.63, 3.8) is 0 Å². The molecule has 11 heteroatoms. The van der Waals surface area contributed by atoms with Gasteiger partial charge in [-0.05, 0) is 79.6 Å². The van der Waals surface area contributed by atoms with Gasteiger partial charge in [-0.3, -0.25) is 4.90 Å². The first-order valence-corrected chi connectivity index (χ1v) is 16.8. The molecule has 1 aliphatic rings. The molecule has 3 N–H and O–H groups in total. The molecule has 5 rings (SSSR count).